The van der Waals surface area contributed by atoms with Crippen LogP contribution in [0, 0.1) is 13.8 Å². The van der Waals surface area contributed by atoms with Gasteiger partial charge in [0, 0.05) is 32.6 Å². The molecule has 0 atom stereocenters. The lowest BCUT2D eigenvalue weighted by Crippen LogP contribution is -2.47. The highest BCUT2D eigenvalue weighted by molar-refractivity contribution is 7.88. The van der Waals surface area contributed by atoms with Crippen LogP contribution in [0.4, 0.5) is 0 Å². The maximum absolute atomic E-state index is 12.4. The highest BCUT2D eigenvalue weighted by Crippen LogP contribution is 2.19. The molecule has 0 aromatic heterocycles. The fraction of sp³-hybridized carbons (Fsp3) is 0.611. The lowest BCUT2D eigenvalue weighted by Gasteiger charge is -2.35. The Balaban J connectivity index is 1.85. The molecule has 0 aliphatic carbocycles. The summed E-state index contributed by atoms with van der Waals surface area (Å²) in [4.78, 5) is 14.3. The Labute approximate surface area is 145 Å². The highest BCUT2D eigenvalue weighted by atomic mass is 32.2. The molecule has 5 nitrogen and oxygen atoms in total. The number of amides is 1. The third-order valence-corrected chi connectivity index (χ3v) is 6.11. The van der Waals surface area contributed by atoms with E-state index in [0.717, 1.165) is 6.42 Å². The van der Waals surface area contributed by atoms with Gasteiger partial charge in [-0.05, 0) is 38.7 Å². The molecule has 134 valence electrons. The van der Waals surface area contributed by atoms with Gasteiger partial charge in [0.1, 0.15) is 0 Å². The normalized spacial score (nSPS) is 16.6. The molecule has 0 spiro atoms. The number of hydrogen-bond donors (Lipinski definition) is 0. The molecule has 1 aliphatic rings. The van der Waals surface area contributed by atoms with Crippen molar-refractivity contribution in [3.05, 3.63) is 34.9 Å². The molecule has 1 aromatic carbocycles. The Morgan fingerprint density at radius 1 is 1.17 bits per heavy atom. The average Bonchev–Trinajstić information content (AvgIpc) is 2.50. The molecule has 1 saturated heterocycles. The number of hydrogen-bond acceptors (Lipinski definition) is 3. The first-order chi connectivity index (χ1) is 11.2. The van der Waals surface area contributed by atoms with Crippen molar-refractivity contribution in [1.82, 2.24) is 9.21 Å². The quantitative estimate of drug-likeness (QED) is 0.816. The van der Waals surface area contributed by atoms with E-state index in [1.54, 1.807) is 7.05 Å². The number of benzene rings is 1. The minimum Gasteiger partial charge on any atom is -0.343 e. The minimum atomic E-state index is -3.16. The van der Waals surface area contributed by atoms with Crippen molar-refractivity contribution in [2.45, 2.75) is 45.6 Å². The highest BCUT2D eigenvalue weighted by Gasteiger charge is 2.28. The number of carbonyl (C=O) groups is 1. The van der Waals surface area contributed by atoms with Crippen molar-refractivity contribution in [2.75, 3.05) is 26.4 Å². The summed E-state index contributed by atoms with van der Waals surface area (Å²) in [6.07, 6.45) is 3.91. The molecule has 0 radical (unpaired) electrons. The van der Waals surface area contributed by atoms with Crippen LogP contribution in [0.25, 0.3) is 0 Å². The molecular weight excluding hydrogens is 324 g/mol. The number of likely N-dealkylation sites (tertiary alicyclic amines) is 1. The molecule has 24 heavy (non-hydrogen) atoms. The standard InChI is InChI=1S/C18H28N2O3S/c1-14-11-15(2)13-16(12-14)5-6-18(21)20-9-7-17(8-10-20)19(3)24(4,22)23/h11-13,17H,5-10H2,1-4H3. The Morgan fingerprint density at radius 2 is 1.71 bits per heavy atom. The van der Waals surface area contributed by atoms with Crippen LogP contribution >= 0.6 is 0 Å². The summed E-state index contributed by atoms with van der Waals surface area (Å²) in [7, 11) is -1.54. The van der Waals surface area contributed by atoms with Crippen LogP contribution < -0.4 is 0 Å². The van der Waals surface area contributed by atoms with Crippen molar-refractivity contribution in [3.8, 4) is 0 Å². The van der Waals surface area contributed by atoms with Crippen molar-refractivity contribution >= 4 is 15.9 Å². The van der Waals surface area contributed by atoms with Gasteiger partial charge >= 0.3 is 0 Å². The molecule has 1 fully saturated rings. The summed E-state index contributed by atoms with van der Waals surface area (Å²) >= 11 is 0. The number of carbonyl (C=O) groups excluding carboxylic acids is 1. The lowest BCUT2D eigenvalue weighted by molar-refractivity contribution is -0.132. The monoisotopic (exact) mass is 352 g/mol. The van der Waals surface area contributed by atoms with Crippen LogP contribution in [0.2, 0.25) is 0 Å². The van der Waals surface area contributed by atoms with E-state index >= 15 is 0 Å². The largest absolute Gasteiger partial charge is 0.343 e. The second kappa shape index (κ2) is 7.66. The smallest absolute Gasteiger partial charge is 0.222 e. The van der Waals surface area contributed by atoms with Gasteiger partial charge in [-0.2, -0.15) is 0 Å². The zero-order valence-electron chi connectivity index (χ0n) is 15.1. The molecule has 0 saturated carbocycles. The van der Waals surface area contributed by atoms with E-state index in [4.69, 9.17) is 0 Å². The predicted molar refractivity (Wildman–Crippen MR) is 96.4 cm³/mol. The molecule has 1 heterocycles. The topological polar surface area (TPSA) is 57.7 Å². The third-order valence-electron chi connectivity index (χ3n) is 4.76. The van der Waals surface area contributed by atoms with Gasteiger partial charge in [-0.25, -0.2) is 12.7 Å². The Kier molecular flexibility index (Phi) is 6.04. The summed E-state index contributed by atoms with van der Waals surface area (Å²) in [6, 6.07) is 6.40. The fourth-order valence-corrected chi connectivity index (χ4v) is 4.12. The fourth-order valence-electron chi connectivity index (χ4n) is 3.37. The SMILES string of the molecule is Cc1cc(C)cc(CCC(=O)N2CCC(N(C)S(C)(=O)=O)CC2)c1. The number of piperidine rings is 1. The van der Waals surface area contributed by atoms with Gasteiger partial charge in [-0.3, -0.25) is 4.79 Å². The molecule has 0 N–H and O–H groups in total. The van der Waals surface area contributed by atoms with E-state index in [2.05, 4.69) is 32.0 Å². The first-order valence-corrected chi connectivity index (χ1v) is 10.3. The number of nitrogens with zero attached hydrogens (tertiary/aromatic N) is 2. The van der Waals surface area contributed by atoms with E-state index in [0.29, 0.717) is 32.4 Å². The van der Waals surface area contributed by atoms with Crippen molar-refractivity contribution < 1.29 is 13.2 Å². The number of aryl methyl sites for hydroxylation is 3. The summed E-state index contributed by atoms with van der Waals surface area (Å²) in [5.41, 5.74) is 3.65. The summed E-state index contributed by atoms with van der Waals surface area (Å²) < 4.78 is 24.6. The maximum Gasteiger partial charge on any atom is 0.222 e. The van der Waals surface area contributed by atoms with Gasteiger partial charge in [-0.1, -0.05) is 29.3 Å². The van der Waals surface area contributed by atoms with Crippen LogP contribution in [0.1, 0.15) is 36.0 Å². The van der Waals surface area contributed by atoms with Crippen molar-refractivity contribution in [2.24, 2.45) is 0 Å². The summed E-state index contributed by atoms with van der Waals surface area (Å²) in [5, 5.41) is 0. The lowest BCUT2D eigenvalue weighted by atomic mass is 10.0. The number of sulfonamides is 1. The predicted octanol–water partition coefficient (Wildman–Crippen LogP) is 2.12. The Morgan fingerprint density at radius 3 is 2.21 bits per heavy atom. The van der Waals surface area contributed by atoms with Gasteiger partial charge in [0.15, 0.2) is 0 Å². The first kappa shape index (κ1) is 18.9. The van der Waals surface area contributed by atoms with Crippen LogP contribution in [0.3, 0.4) is 0 Å². The van der Waals surface area contributed by atoms with Gasteiger partial charge in [0.2, 0.25) is 15.9 Å². The van der Waals surface area contributed by atoms with Crippen molar-refractivity contribution in [1.29, 1.82) is 0 Å². The van der Waals surface area contributed by atoms with Gasteiger partial charge < -0.3 is 4.90 Å². The first-order valence-electron chi connectivity index (χ1n) is 8.45. The Hall–Kier alpha value is -1.40. The van der Waals surface area contributed by atoms with Gasteiger partial charge in [-0.15, -0.1) is 0 Å². The van der Waals surface area contributed by atoms with Crippen molar-refractivity contribution in [3.63, 3.8) is 0 Å². The van der Waals surface area contributed by atoms with Gasteiger partial charge in [0.05, 0.1) is 6.26 Å². The molecule has 2 rings (SSSR count). The van der Waals surface area contributed by atoms with Gasteiger partial charge in [0.25, 0.3) is 0 Å². The maximum atomic E-state index is 12.4. The molecule has 1 aromatic rings. The van der Waals surface area contributed by atoms with Crippen LogP contribution in [0.15, 0.2) is 18.2 Å². The number of rotatable bonds is 5. The van der Waals surface area contributed by atoms with E-state index < -0.39 is 10.0 Å². The molecular formula is C18H28N2O3S. The van der Waals surface area contributed by atoms with E-state index in [9.17, 15) is 13.2 Å². The molecule has 6 heteroatoms. The molecule has 1 amide bonds. The second-order valence-corrected chi connectivity index (χ2v) is 8.93. The molecule has 0 unspecified atom stereocenters. The Bertz CT molecular complexity index is 672. The van der Waals surface area contributed by atoms with Crippen LogP contribution in [-0.4, -0.2) is 56.0 Å². The molecule has 0 bridgehead atoms. The second-order valence-electron chi connectivity index (χ2n) is 6.89. The zero-order chi connectivity index (χ0) is 17.9. The molecule has 1 aliphatic heterocycles. The van der Waals surface area contributed by atoms with Crippen LogP contribution in [0.5, 0.6) is 0 Å². The van der Waals surface area contributed by atoms with E-state index in [1.165, 1.54) is 27.3 Å². The van der Waals surface area contributed by atoms with Crippen LogP contribution in [-0.2, 0) is 21.2 Å². The zero-order valence-corrected chi connectivity index (χ0v) is 15.9. The van der Waals surface area contributed by atoms with E-state index in [1.807, 2.05) is 4.90 Å². The third kappa shape index (κ3) is 5.05. The average molecular weight is 353 g/mol. The summed E-state index contributed by atoms with van der Waals surface area (Å²) in [5.74, 6) is 0.162. The minimum absolute atomic E-state index is 0.00322. The summed E-state index contributed by atoms with van der Waals surface area (Å²) in [6.45, 7) is 5.41. The van der Waals surface area contributed by atoms with E-state index in [-0.39, 0.29) is 11.9 Å².